The van der Waals surface area contributed by atoms with Gasteiger partial charge in [-0.2, -0.15) is 0 Å². The normalized spacial score (nSPS) is 32.1. The number of carbonyl (C=O) groups excluding carboxylic acids is 4. The third kappa shape index (κ3) is 4.35. The van der Waals surface area contributed by atoms with Gasteiger partial charge < -0.3 is 19.3 Å². The SMILES string of the molecule is C=CCOC(=O)[C@@H]1CCCN1C(=O)[C@H]1[C@H](C(=O)N2CCC[C@H]2C(=O)OCC=C)[C@H]2C=C[C@@H]1C2. The van der Waals surface area contributed by atoms with Gasteiger partial charge in [0.2, 0.25) is 11.8 Å². The fourth-order valence-electron chi connectivity index (χ4n) is 5.90. The molecule has 178 valence electrons. The highest BCUT2D eigenvalue weighted by Crippen LogP contribution is 2.50. The molecule has 0 spiro atoms. The molecule has 2 amide bonds. The lowest BCUT2D eigenvalue weighted by Gasteiger charge is -2.35. The van der Waals surface area contributed by atoms with Gasteiger partial charge in [-0.15, -0.1) is 0 Å². The standard InChI is InChI=1S/C25H32N2O6/c1-3-13-32-24(30)18-7-5-11-26(18)22(28)20-16-9-10-17(15-16)21(20)23(29)27-12-6-8-19(27)25(31)33-14-4-2/h3-4,9-10,16-21H,1-2,5-8,11-15H2/t16-,17+,18-,19-,20+,21+/m0/s1. The van der Waals surface area contributed by atoms with Gasteiger partial charge in [0, 0.05) is 13.1 Å². The molecule has 0 aromatic rings. The van der Waals surface area contributed by atoms with Crippen LogP contribution in [0.4, 0.5) is 0 Å². The van der Waals surface area contributed by atoms with E-state index in [0.29, 0.717) is 25.9 Å². The van der Waals surface area contributed by atoms with Crippen molar-refractivity contribution in [2.24, 2.45) is 23.7 Å². The summed E-state index contributed by atoms with van der Waals surface area (Å²) in [5.74, 6) is -2.27. The van der Waals surface area contributed by atoms with Crippen molar-refractivity contribution in [1.82, 2.24) is 9.80 Å². The topological polar surface area (TPSA) is 93.2 Å². The fourth-order valence-corrected chi connectivity index (χ4v) is 5.90. The number of amides is 2. The molecular weight excluding hydrogens is 424 g/mol. The first-order valence-corrected chi connectivity index (χ1v) is 11.8. The zero-order chi connectivity index (χ0) is 23.5. The fraction of sp³-hybridized carbons (Fsp3) is 0.600. The molecule has 6 atom stereocenters. The van der Waals surface area contributed by atoms with Crippen LogP contribution in [-0.4, -0.2) is 71.9 Å². The van der Waals surface area contributed by atoms with Crippen molar-refractivity contribution >= 4 is 23.8 Å². The van der Waals surface area contributed by atoms with Crippen molar-refractivity contribution in [3.63, 3.8) is 0 Å². The molecule has 0 aromatic heterocycles. The average molecular weight is 457 g/mol. The summed E-state index contributed by atoms with van der Waals surface area (Å²) in [6, 6.07) is -1.24. The summed E-state index contributed by atoms with van der Waals surface area (Å²) in [6.07, 6.45) is 10.3. The first-order chi connectivity index (χ1) is 16.0. The van der Waals surface area contributed by atoms with E-state index in [9.17, 15) is 19.2 Å². The minimum atomic E-state index is -0.621. The van der Waals surface area contributed by atoms with Crippen molar-refractivity contribution in [3.05, 3.63) is 37.5 Å². The van der Waals surface area contributed by atoms with Gasteiger partial charge in [0.15, 0.2) is 0 Å². The van der Waals surface area contributed by atoms with Crippen LogP contribution >= 0.6 is 0 Å². The summed E-state index contributed by atoms with van der Waals surface area (Å²) in [5, 5.41) is 0. The molecule has 4 aliphatic rings. The molecule has 3 fully saturated rings. The third-order valence-corrected chi connectivity index (χ3v) is 7.33. The van der Waals surface area contributed by atoms with E-state index in [2.05, 4.69) is 13.2 Å². The highest BCUT2D eigenvalue weighted by atomic mass is 16.5. The molecule has 8 nitrogen and oxygen atoms in total. The van der Waals surface area contributed by atoms with Gasteiger partial charge in [0.25, 0.3) is 0 Å². The molecule has 0 radical (unpaired) electrons. The van der Waals surface area contributed by atoms with Crippen molar-refractivity contribution in [3.8, 4) is 0 Å². The van der Waals surface area contributed by atoms with E-state index < -0.39 is 35.9 Å². The Balaban J connectivity index is 1.52. The minimum absolute atomic E-state index is 0.0318. The summed E-state index contributed by atoms with van der Waals surface area (Å²) in [4.78, 5) is 55.6. The second kappa shape index (κ2) is 9.93. The van der Waals surface area contributed by atoms with Crippen molar-refractivity contribution in [2.75, 3.05) is 26.3 Å². The summed E-state index contributed by atoms with van der Waals surface area (Å²) >= 11 is 0. The minimum Gasteiger partial charge on any atom is -0.460 e. The largest absolute Gasteiger partial charge is 0.460 e. The quantitative estimate of drug-likeness (QED) is 0.409. The van der Waals surface area contributed by atoms with Crippen molar-refractivity contribution < 1.29 is 28.7 Å². The van der Waals surface area contributed by atoms with Gasteiger partial charge in [0.05, 0.1) is 11.8 Å². The number of ether oxygens (including phenoxy) is 2. The Hall–Kier alpha value is -2.90. The Morgan fingerprint density at radius 1 is 0.788 bits per heavy atom. The van der Waals surface area contributed by atoms with Gasteiger partial charge in [-0.05, 0) is 43.9 Å². The summed E-state index contributed by atoms with van der Waals surface area (Å²) in [6.45, 7) is 8.28. The second-order valence-corrected chi connectivity index (χ2v) is 9.22. The van der Waals surface area contributed by atoms with Gasteiger partial charge in [0.1, 0.15) is 25.3 Å². The van der Waals surface area contributed by atoms with E-state index in [1.807, 2.05) is 12.2 Å². The maximum Gasteiger partial charge on any atom is 0.329 e. The Bertz CT molecular complexity index is 799. The zero-order valence-corrected chi connectivity index (χ0v) is 18.9. The van der Waals surface area contributed by atoms with Gasteiger partial charge in [-0.25, -0.2) is 9.59 Å². The molecule has 0 N–H and O–H groups in total. The van der Waals surface area contributed by atoms with Crippen LogP contribution < -0.4 is 0 Å². The summed E-state index contributed by atoms with van der Waals surface area (Å²) in [7, 11) is 0. The third-order valence-electron chi connectivity index (χ3n) is 7.33. The van der Waals surface area contributed by atoms with Gasteiger partial charge in [-0.3, -0.25) is 9.59 Å². The molecule has 0 aromatic carbocycles. The first kappa shape index (κ1) is 23.3. The Morgan fingerprint density at radius 2 is 1.21 bits per heavy atom. The van der Waals surface area contributed by atoms with Gasteiger partial charge >= 0.3 is 11.9 Å². The van der Waals surface area contributed by atoms with Crippen LogP contribution in [-0.2, 0) is 28.7 Å². The van der Waals surface area contributed by atoms with Crippen molar-refractivity contribution in [2.45, 2.75) is 44.2 Å². The van der Waals surface area contributed by atoms with E-state index in [4.69, 9.17) is 9.47 Å². The number of rotatable bonds is 8. The summed E-state index contributed by atoms with van der Waals surface area (Å²) < 4.78 is 10.4. The number of likely N-dealkylation sites (tertiary alicyclic amines) is 2. The molecule has 2 bridgehead atoms. The van der Waals surface area contributed by atoms with Gasteiger partial charge in [-0.1, -0.05) is 37.5 Å². The number of hydrogen-bond donors (Lipinski definition) is 0. The molecule has 8 heteroatoms. The number of fused-ring (bicyclic) bond motifs is 2. The van der Waals surface area contributed by atoms with Crippen LogP contribution in [0.25, 0.3) is 0 Å². The Morgan fingerprint density at radius 3 is 1.61 bits per heavy atom. The van der Waals surface area contributed by atoms with E-state index in [1.54, 1.807) is 9.80 Å². The molecule has 2 saturated heterocycles. The maximum absolute atomic E-state index is 13.7. The molecular formula is C25H32N2O6. The van der Waals surface area contributed by atoms with Crippen LogP contribution in [0.1, 0.15) is 32.1 Å². The Kier molecular flexibility index (Phi) is 7.00. The van der Waals surface area contributed by atoms with Crippen LogP contribution in [0.5, 0.6) is 0 Å². The predicted octanol–water partition coefficient (Wildman–Crippen LogP) is 1.87. The van der Waals surface area contributed by atoms with Crippen LogP contribution in [0.3, 0.4) is 0 Å². The lowest BCUT2D eigenvalue weighted by Crippen LogP contribution is -2.51. The second-order valence-electron chi connectivity index (χ2n) is 9.22. The number of carbonyl (C=O) groups is 4. The van der Waals surface area contributed by atoms with E-state index in [-0.39, 0.29) is 36.9 Å². The van der Waals surface area contributed by atoms with E-state index in [0.717, 1.165) is 19.3 Å². The highest BCUT2D eigenvalue weighted by Gasteiger charge is 2.55. The molecule has 1 saturated carbocycles. The number of allylic oxidation sites excluding steroid dienone is 2. The molecule has 4 rings (SSSR count). The molecule has 33 heavy (non-hydrogen) atoms. The lowest BCUT2D eigenvalue weighted by molar-refractivity contribution is -0.158. The first-order valence-electron chi connectivity index (χ1n) is 11.8. The lowest BCUT2D eigenvalue weighted by atomic mass is 9.80. The van der Waals surface area contributed by atoms with Crippen LogP contribution in [0.2, 0.25) is 0 Å². The zero-order valence-electron chi connectivity index (χ0n) is 18.9. The maximum atomic E-state index is 13.7. The smallest absolute Gasteiger partial charge is 0.329 e. The van der Waals surface area contributed by atoms with Crippen molar-refractivity contribution in [1.29, 1.82) is 0 Å². The predicted molar refractivity (Wildman–Crippen MR) is 119 cm³/mol. The van der Waals surface area contributed by atoms with E-state index >= 15 is 0 Å². The molecule has 2 aliphatic heterocycles. The molecule has 2 heterocycles. The summed E-state index contributed by atoms with van der Waals surface area (Å²) in [5.41, 5.74) is 0. The molecule has 2 aliphatic carbocycles. The van der Waals surface area contributed by atoms with E-state index in [1.165, 1.54) is 12.2 Å². The number of esters is 2. The van der Waals surface area contributed by atoms with Crippen LogP contribution in [0, 0.1) is 23.7 Å². The average Bonchev–Trinajstić information content (AvgIpc) is 3.62. The highest BCUT2D eigenvalue weighted by molar-refractivity contribution is 5.94. The number of nitrogens with zero attached hydrogens (tertiary/aromatic N) is 2. The monoisotopic (exact) mass is 456 g/mol. The Labute approximate surface area is 194 Å². The number of hydrogen-bond acceptors (Lipinski definition) is 6. The molecule has 0 unspecified atom stereocenters. The van der Waals surface area contributed by atoms with Crippen LogP contribution in [0.15, 0.2) is 37.5 Å².